The van der Waals surface area contributed by atoms with Crippen molar-refractivity contribution in [1.29, 1.82) is 0 Å². The molecule has 7 heteroatoms. The molecule has 0 spiro atoms. The molecule has 0 bridgehead atoms. The lowest BCUT2D eigenvalue weighted by molar-refractivity contribution is 0.119. The maximum Gasteiger partial charge on any atom is 0.223 e. The van der Waals surface area contributed by atoms with Gasteiger partial charge in [0.1, 0.15) is 5.84 Å². The van der Waals surface area contributed by atoms with Crippen LogP contribution in [0.1, 0.15) is 76.5 Å². The molecule has 1 unspecified atom stereocenters. The summed E-state index contributed by atoms with van der Waals surface area (Å²) in [5, 5.41) is 16.8. The van der Waals surface area contributed by atoms with Crippen molar-refractivity contribution < 1.29 is 5.11 Å². The highest BCUT2D eigenvalue weighted by Gasteiger charge is 2.28. The van der Waals surface area contributed by atoms with E-state index in [0.29, 0.717) is 23.9 Å². The first-order valence-electron chi connectivity index (χ1n) is 12.4. The third-order valence-corrected chi connectivity index (χ3v) is 7.04. The minimum absolute atomic E-state index is 0.183. The van der Waals surface area contributed by atoms with Gasteiger partial charge in [0.05, 0.1) is 17.4 Å². The Labute approximate surface area is 193 Å². The fourth-order valence-corrected chi connectivity index (χ4v) is 5.02. The topological polar surface area (TPSA) is 85.7 Å². The predicted molar refractivity (Wildman–Crippen MR) is 133 cm³/mol. The highest BCUT2D eigenvalue weighted by atomic mass is 16.3. The number of nitrogens with one attached hydrogen (secondary N) is 2. The van der Waals surface area contributed by atoms with E-state index in [-0.39, 0.29) is 6.10 Å². The Bertz CT molecular complexity index is 779. The quantitative estimate of drug-likeness (QED) is 0.420. The fraction of sp³-hybridized carbons (Fsp3) is 0.720. The molecule has 0 amide bonds. The number of allylic oxidation sites excluding steroid dienone is 1. The van der Waals surface area contributed by atoms with Crippen LogP contribution in [0.2, 0.25) is 0 Å². The van der Waals surface area contributed by atoms with E-state index in [0.717, 1.165) is 87.1 Å². The lowest BCUT2D eigenvalue weighted by Gasteiger charge is -2.35. The molecule has 1 saturated heterocycles. The third-order valence-electron chi connectivity index (χ3n) is 7.04. The first kappa shape index (κ1) is 24.6. The SMILES string of the molecule is C=C(c1nc(NC(C)CCC)ncc1C(=NC)N1CCC(NC)CC1)C1CCC(O)CC1. The van der Waals surface area contributed by atoms with Crippen LogP contribution in [-0.4, -0.2) is 71.2 Å². The number of aromatic nitrogens is 2. The van der Waals surface area contributed by atoms with Crippen LogP contribution in [0.25, 0.3) is 5.57 Å². The molecule has 2 fully saturated rings. The zero-order valence-electron chi connectivity index (χ0n) is 20.4. The van der Waals surface area contributed by atoms with Crippen molar-refractivity contribution in [3.63, 3.8) is 0 Å². The molecule has 3 rings (SSSR count). The molecule has 1 aliphatic heterocycles. The molecule has 0 aromatic carbocycles. The number of rotatable bonds is 8. The van der Waals surface area contributed by atoms with Gasteiger partial charge < -0.3 is 20.6 Å². The lowest BCUT2D eigenvalue weighted by atomic mass is 9.81. The molecule has 1 aliphatic carbocycles. The highest BCUT2D eigenvalue weighted by Crippen LogP contribution is 2.35. The van der Waals surface area contributed by atoms with Crippen LogP contribution in [0.4, 0.5) is 5.95 Å². The van der Waals surface area contributed by atoms with Crippen molar-refractivity contribution >= 4 is 17.4 Å². The summed E-state index contributed by atoms with van der Waals surface area (Å²) in [6.07, 6.45) is 9.69. The Morgan fingerprint density at radius 2 is 1.94 bits per heavy atom. The van der Waals surface area contributed by atoms with Gasteiger partial charge in [-0.25, -0.2) is 9.97 Å². The molecule has 2 heterocycles. The van der Waals surface area contributed by atoms with Gasteiger partial charge in [0.15, 0.2) is 0 Å². The van der Waals surface area contributed by atoms with Crippen molar-refractivity contribution in [3.05, 3.63) is 24.0 Å². The first-order valence-corrected chi connectivity index (χ1v) is 12.4. The Balaban J connectivity index is 1.90. The van der Waals surface area contributed by atoms with E-state index in [1.807, 2.05) is 20.3 Å². The van der Waals surface area contributed by atoms with Crippen LogP contribution in [0.15, 0.2) is 17.8 Å². The van der Waals surface area contributed by atoms with Gasteiger partial charge >= 0.3 is 0 Å². The molecule has 1 aromatic rings. The number of aliphatic imine (C=N–C) groups is 1. The highest BCUT2D eigenvalue weighted by molar-refractivity contribution is 6.02. The normalized spacial score (nSPS) is 23.8. The number of nitrogens with zero attached hydrogens (tertiary/aromatic N) is 4. The molecule has 2 aliphatic rings. The van der Waals surface area contributed by atoms with Gasteiger partial charge in [0.25, 0.3) is 0 Å². The standard InChI is InChI=1S/C25H42N6O/c1-6-7-17(2)29-25-28-16-22(24(27-5)31-14-12-20(26-4)13-15-31)23(30-25)18(3)19-8-10-21(32)11-9-19/h16-17,19-21,26,32H,3,6-15H2,1-2,4-5H3,(H,28,29,30). The van der Waals surface area contributed by atoms with Gasteiger partial charge in [-0.05, 0) is 70.4 Å². The fourth-order valence-electron chi connectivity index (χ4n) is 5.02. The number of aliphatic hydroxyl groups excluding tert-OH is 1. The summed E-state index contributed by atoms with van der Waals surface area (Å²) in [6, 6.07) is 0.881. The van der Waals surface area contributed by atoms with Gasteiger partial charge in [-0.3, -0.25) is 4.99 Å². The van der Waals surface area contributed by atoms with Crippen molar-refractivity contribution in [2.24, 2.45) is 10.9 Å². The number of hydrogen-bond acceptors (Lipinski definition) is 6. The average molecular weight is 443 g/mol. The summed E-state index contributed by atoms with van der Waals surface area (Å²) in [6.45, 7) is 10.8. The maximum atomic E-state index is 9.97. The van der Waals surface area contributed by atoms with Crippen LogP contribution in [-0.2, 0) is 0 Å². The third kappa shape index (κ3) is 6.07. The van der Waals surface area contributed by atoms with Gasteiger partial charge in [-0.2, -0.15) is 0 Å². The van der Waals surface area contributed by atoms with Crippen molar-refractivity contribution in [1.82, 2.24) is 20.2 Å². The average Bonchev–Trinajstić information content (AvgIpc) is 2.81. The minimum atomic E-state index is -0.183. The molecule has 32 heavy (non-hydrogen) atoms. The van der Waals surface area contributed by atoms with Gasteiger partial charge in [0, 0.05) is 38.4 Å². The Kier molecular flexibility index (Phi) is 9.05. The summed E-state index contributed by atoms with van der Waals surface area (Å²) < 4.78 is 0. The Hall–Kier alpha value is -1.99. The first-order chi connectivity index (χ1) is 15.5. The second-order valence-corrected chi connectivity index (χ2v) is 9.42. The predicted octanol–water partition coefficient (Wildman–Crippen LogP) is 3.70. The van der Waals surface area contributed by atoms with Gasteiger partial charge in [-0.15, -0.1) is 0 Å². The van der Waals surface area contributed by atoms with Crippen LogP contribution >= 0.6 is 0 Å². The molecule has 1 saturated carbocycles. The number of aliphatic hydroxyl groups is 1. The zero-order chi connectivity index (χ0) is 23.1. The summed E-state index contributed by atoms with van der Waals surface area (Å²) in [4.78, 5) is 16.7. The molecular weight excluding hydrogens is 400 g/mol. The van der Waals surface area contributed by atoms with E-state index in [4.69, 9.17) is 9.98 Å². The number of piperidine rings is 1. The Morgan fingerprint density at radius 3 is 2.53 bits per heavy atom. The van der Waals surface area contributed by atoms with Crippen LogP contribution in [0.3, 0.4) is 0 Å². The van der Waals surface area contributed by atoms with E-state index < -0.39 is 0 Å². The van der Waals surface area contributed by atoms with Crippen LogP contribution in [0.5, 0.6) is 0 Å². The molecule has 1 atom stereocenters. The monoisotopic (exact) mass is 442 g/mol. The number of hydrogen-bond donors (Lipinski definition) is 3. The van der Waals surface area contributed by atoms with Crippen LogP contribution in [0, 0.1) is 5.92 Å². The van der Waals surface area contributed by atoms with E-state index >= 15 is 0 Å². The second kappa shape index (κ2) is 11.8. The molecule has 3 N–H and O–H groups in total. The number of anilines is 1. The molecule has 0 radical (unpaired) electrons. The van der Waals surface area contributed by atoms with E-state index in [1.165, 1.54) is 0 Å². The second-order valence-electron chi connectivity index (χ2n) is 9.42. The van der Waals surface area contributed by atoms with Crippen LogP contribution < -0.4 is 10.6 Å². The lowest BCUT2D eigenvalue weighted by Crippen LogP contribution is -2.44. The molecule has 178 valence electrons. The van der Waals surface area contributed by atoms with E-state index in [2.05, 4.69) is 40.9 Å². The summed E-state index contributed by atoms with van der Waals surface area (Å²) in [7, 11) is 3.90. The smallest absolute Gasteiger partial charge is 0.223 e. The van der Waals surface area contributed by atoms with E-state index in [9.17, 15) is 5.11 Å². The number of amidine groups is 1. The molecular formula is C25H42N6O. The molecule has 7 nitrogen and oxygen atoms in total. The van der Waals surface area contributed by atoms with Gasteiger partial charge in [0.2, 0.25) is 5.95 Å². The summed E-state index contributed by atoms with van der Waals surface area (Å²) in [5.41, 5.74) is 2.93. The summed E-state index contributed by atoms with van der Waals surface area (Å²) in [5.74, 6) is 1.95. The van der Waals surface area contributed by atoms with Gasteiger partial charge in [-0.1, -0.05) is 19.9 Å². The number of likely N-dealkylation sites (tertiary alicyclic amines) is 1. The molecule has 1 aromatic heterocycles. The maximum absolute atomic E-state index is 9.97. The van der Waals surface area contributed by atoms with E-state index in [1.54, 1.807) is 0 Å². The van der Waals surface area contributed by atoms with Crippen molar-refractivity contribution in [2.75, 3.05) is 32.5 Å². The Morgan fingerprint density at radius 1 is 1.25 bits per heavy atom. The van der Waals surface area contributed by atoms with Crippen molar-refractivity contribution in [2.45, 2.75) is 83.4 Å². The largest absolute Gasteiger partial charge is 0.393 e. The minimum Gasteiger partial charge on any atom is -0.393 e. The zero-order valence-corrected chi connectivity index (χ0v) is 20.4. The van der Waals surface area contributed by atoms with Crippen molar-refractivity contribution in [3.8, 4) is 0 Å². The summed E-state index contributed by atoms with van der Waals surface area (Å²) >= 11 is 0.